The lowest BCUT2D eigenvalue weighted by molar-refractivity contribution is 0.122. The Hall–Kier alpha value is 0.270. The second-order valence-electron chi connectivity index (χ2n) is 6.93. The first kappa shape index (κ1) is 15.7. The molecule has 4 unspecified atom stereocenters. The summed E-state index contributed by atoms with van der Waals surface area (Å²) in [5.41, 5.74) is 0. The SMILES string of the molecule is CNC1CCC(C(C)C)CC1CN(C)C1CCSC1. The van der Waals surface area contributed by atoms with E-state index in [2.05, 4.69) is 49.9 Å². The number of rotatable bonds is 5. The number of nitrogens with zero attached hydrogens (tertiary/aromatic N) is 1. The summed E-state index contributed by atoms with van der Waals surface area (Å²) >= 11 is 2.13. The molecular formula is C16H32N2S. The maximum atomic E-state index is 3.58. The standard InChI is InChI=1S/C16H32N2S/c1-12(2)13-5-6-16(17-3)14(9-13)10-18(4)15-7-8-19-11-15/h12-17H,5-11H2,1-4H3. The first-order valence-electron chi connectivity index (χ1n) is 8.07. The summed E-state index contributed by atoms with van der Waals surface area (Å²) in [5.74, 6) is 5.36. The summed E-state index contributed by atoms with van der Waals surface area (Å²) in [6.45, 7) is 6.09. The summed E-state index contributed by atoms with van der Waals surface area (Å²) in [7, 11) is 4.50. The Morgan fingerprint density at radius 1 is 1.26 bits per heavy atom. The van der Waals surface area contributed by atoms with Gasteiger partial charge < -0.3 is 10.2 Å². The molecule has 1 heterocycles. The van der Waals surface area contributed by atoms with E-state index in [1.54, 1.807) is 0 Å². The minimum atomic E-state index is 0.742. The van der Waals surface area contributed by atoms with Gasteiger partial charge in [0.05, 0.1) is 0 Å². The van der Waals surface area contributed by atoms with Crippen molar-refractivity contribution in [1.82, 2.24) is 10.2 Å². The Balaban J connectivity index is 1.90. The molecule has 19 heavy (non-hydrogen) atoms. The molecule has 1 saturated carbocycles. The number of nitrogens with one attached hydrogen (secondary N) is 1. The van der Waals surface area contributed by atoms with Crippen LogP contribution in [0.4, 0.5) is 0 Å². The van der Waals surface area contributed by atoms with E-state index in [0.717, 1.165) is 29.8 Å². The smallest absolute Gasteiger partial charge is 0.0191 e. The summed E-state index contributed by atoms with van der Waals surface area (Å²) < 4.78 is 0. The predicted octanol–water partition coefficient (Wildman–Crippen LogP) is 3.08. The zero-order valence-electron chi connectivity index (χ0n) is 13.2. The van der Waals surface area contributed by atoms with Crippen molar-refractivity contribution in [2.45, 2.75) is 51.6 Å². The van der Waals surface area contributed by atoms with E-state index >= 15 is 0 Å². The monoisotopic (exact) mass is 284 g/mol. The normalized spacial score (nSPS) is 36.3. The van der Waals surface area contributed by atoms with Crippen LogP contribution in [0, 0.1) is 17.8 Å². The first-order chi connectivity index (χ1) is 9.11. The molecule has 4 atom stereocenters. The van der Waals surface area contributed by atoms with Crippen LogP contribution >= 0.6 is 11.8 Å². The Morgan fingerprint density at radius 3 is 2.63 bits per heavy atom. The van der Waals surface area contributed by atoms with Gasteiger partial charge in [-0.25, -0.2) is 0 Å². The van der Waals surface area contributed by atoms with Crippen molar-refractivity contribution in [3.8, 4) is 0 Å². The zero-order valence-corrected chi connectivity index (χ0v) is 14.0. The van der Waals surface area contributed by atoms with Crippen molar-refractivity contribution >= 4 is 11.8 Å². The van der Waals surface area contributed by atoms with E-state index in [0.29, 0.717) is 0 Å². The topological polar surface area (TPSA) is 15.3 Å². The van der Waals surface area contributed by atoms with Gasteiger partial charge in [-0.15, -0.1) is 0 Å². The van der Waals surface area contributed by atoms with Crippen LogP contribution in [0.1, 0.15) is 39.5 Å². The molecule has 0 spiro atoms. The van der Waals surface area contributed by atoms with Gasteiger partial charge in [-0.3, -0.25) is 0 Å². The van der Waals surface area contributed by atoms with Crippen LogP contribution in [0.25, 0.3) is 0 Å². The zero-order chi connectivity index (χ0) is 13.8. The van der Waals surface area contributed by atoms with E-state index in [9.17, 15) is 0 Å². The van der Waals surface area contributed by atoms with Gasteiger partial charge in [-0.2, -0.15) is 11.8 Å². The molecule has 1 saturated heterocycles. The molecule has 112 valence electrons. The third-order valence-electron chi connectivity index (χ3n) is 5.39. The molecule has 0 bridgehead atoms. The third kappa shape index (κ3) is 4.12. The van der Waals surface area contributed by atoms with Crippen LogP contribution in [-0.4, -0.2) is 49.1 Å². The second-order valence-corrected chi connectivity index (χ2v) is 8.08. The van der Waals surface area contributed by atoms with Crippen LogP contribution in [0.3, 0.4) is 0 Å². The van der Waals surface area contributed by atoms with Crippen LogP contribution in [-0.2, 0) is 0 Å². The minimum absolute atomic E-state index is 0.742. The average Bonchev–Trinajstić information content (AvgIpc) is 2.92. The summed E-state index contributed by atoms with van der Waals surface area (Å²) in [4.78, 5) is 2.65. The largest absolute Gasteiger partial charge is 0.317 e. The van der Waals surface area contributed by atoms with Crippen molar-refractivity contribution in [2.24, 2.45) is 17.8 Å². The number of hydrogen-bond acceptors (Lipinski definition) is 3. The molecule has 0 aromatic heterocycles. The Labute approximate surface area is 124 Å². The van der Waals surface area contributed by atoms with E-state index in [1.807, 2.05) is 0 Å². The van der Waals surface area contributed by atoms with Gasteiger partial charge in [0.1, 0.15) is 0 Å². The van der Waals surface area contributed by atoms with Gasteiger partial charge >= 0.3 is 0 Å². The van der Waals surface area contributed by atoms with Gasteiger partial charge in [-0.05, 0) is 63.3 Å². The molecule has 2 rings (SSSR count). The quantitative estimate of drug-likeness (QED) is 0.835. The molecule has 1 aliphatic carbocycles. The molecule has 2 nitrogen and oxygen atoms in total. The molecule has 1 N–H and O–H groups in total. The maximum absolute atomic E-state index is 3.58. The molecule has 0 aromatic carbocycles. The summed E-state index contributed by atoms with van der Waals surface area (Å²) in [5, 5.41) is 3.58. The van der Waals surface area contributed by atoms with Gasteiger partial charge in [0, 0.05) is 24.4 Å². The van der Waals surface area contributed by atoms with Gasteiger partial charge in [-0.1, -0.05) is 13.8 Å². The molecule has 0 amide bonds. The molecular weight excluding hydrogens is 252 g/mol. The van der Waals surface area contributed by atoms with E-state index in [1.165, 1.54) is 43.7 Å². The lowest BCUT2D eigenvalue weighted by atomic mass is 9.73. The molecule has 2 aliphatic rings. The highest BCUT2D eigenvalue weighted by Crippen LogP contribution is 2.35. The number of hydrogen-bond donors (Lipinski definition) is 1. The molecule has 2 fully saturated rings. The van der Waals surface area contributed by atoms with Crippen molar-refractivity contribution in [2.75, 3.05) is 32.1 Å². The fraction of sp³-hybridized carbons (Fsp3) is 1.00. The van der Waals surface area contributed by atoms with Crippen molar-refractivity contribution < 1.29 is 0 Å². The minimum Gasteiger partial charge on any atom is -0.317 e. The van der Waals surface area contributed by atoms with Crippen molar-refractivity contribution in [3.05, 3.63) is 0 Å². The van der Waals surface area contributed by atoms with E-state index in [4.69, 9.17) is 0 Å². The fourth-order valence-corrected chi connectivity index (χ4v) is 5.17. The van der Waals surface area contributed by atoms with E-state index < -0.39 is 0 Å². The van der Waals surface area contributed by atoms with Gasteiger partial charge in [0.15, 0.2) is 0 Å². The van der Waals surface area contributed by atoms with Crippen LogP contribution in [0.2, 0.25) is 0 Å². The van der Waals surface area contributed by atoms with Crippen molar-refractivity contribution in [1.29, 1.82) is 0 Å². The molecule has 0 aromatic rings. The van der Waals surface area contributed by atoms with Crippen molar-refractivity contribution in [3.63, 3.8) is 0 Å². The summed E-state index contributed by atoms with van der Waals surface area (Å²) in [6, 6.07) is 1.58. The van der Waals surface area contributed by atoms with Crippen LogP contribution in [0.15, 0.2) is 0 Å². The van der Waals surface area contributed by atoms with Gasteiger partial charge in [0.25, 0.3) is 0 Å². The third-order valence-corrected chi connectivity index (χ3v) is 6.53. The fourth-order valence-electron chi connectivity index (χ4n) is 3.88. The Morgan fingerprint density at radius 2 is 2.05 bits per heavy atom. The second kappa shape index (κ2) is 7.33. The summed E-state index contributed by atoms with van der Waals surface area (Å²) in [6.07, 6.45) is 5.61. The maximum Gasteiger partial charge on any atom is 0.0191 e. The Kier molecular flexibility index (Phi) is 6.04. The van der Waals surface area contributed by atoms with Crippen LogP contribution in [0.5, 0.6) is 0 Å². The van der Waals surface area contributed by atoms with Gasteiger partial charge in [0.2, 0.25) is 0 Å². The predicted molar refractivity (Wildman–Crippen MR) is 86.9 cm³/mol. The average molecular weight is 285 g/mol. The molecule has 0 radical (unpaired) electrons. The van der Waals surface area contributed by atoms with Crippen LogP contribution < -0.4 is 5.32 Å². The van der Waals surface area contributed by atoms with E-state index in [-0.39, 0.29) is 0 Å². The lowest BCUT2D eigenvalue weighted by Crippen LogP contribution is -2.46. The Bertz CT molecular complexity index is 263. The highest BCUT2D eigenvalue weighted by molar-refractivity contribution is 7.99. The molecule has 1 aliphatic heterocycles. The lowest BCUT2D eigenvalue weighted by Gasteiger charge is -2.40. The first-order valence-corrected chi connectivity index (χ1v) is 9.22. The highest BCUT2D eigenvalue weighted by atomic mass is 32.2. The number of thioether (sulfide) groups is 1. The highest BCUT2D eigenvalue weighted by Gasteiger charge is 2.33. The molecule has 3 heteroatoms.